The van der Waals surface area contributed by atoms with Gasteiger partial charge in [0, 0.05) is 26.2 Å². The van der Waals surface area contributed by atoms with Gasteiger partial charge in [0.05, 0.1) is 13.2 Å². The molecule has 5 nitrogen and oxygen atoms in total. The molecule has 0 aromatic heterocycles. The Morgan fingerprint density at radius 1 is 1.38 bits per heavy atom. The summed E-state index contributed by atoms with van der Waals surface area (Å²) in [5.41, 5.74) is 1.22. The second-order valence-electron chi connectivity index (χ2n) is 5.27. The van der Waals surface area contributed by atoms with Crippen LogP contribution in [0.2, 0.25) is 0 Å². The molecule has 1 N–H and O–H groups in total. The molecule has 0 unspecified atom stereocenters. The van der Waals surface area contributed by atoms with Crippen molar-refractivity contribution < 1.29 is 19.4 Å². The number of nitrogens with zero attached hydrogens (tertiary/aromatic N) is 1. The van der Waals surface area contributed by atoms with Crippen molar-refractivity contribution in [1.29, 1.82) is 0 Å². The quantitative estimate of drug-likeness (QED) is 0.872. The van der Waals surface area contributed by atoms with Gasteiger partial charge < -0.3 is 14.6 Å². The molecule has 1 aliphatic heterocycles. The van der Waals surface area contributed by atoms with Crippen molar-refractivity contribution in [3.05, 3.63) is 29.3 Å². The van der Waals surface area contributed by atoms with Gasteiger partial charge in [-0.1, -0.05) is 6.07 Å². The first-order valence-electron chi connectivity index (χ1n) is 7.38. The molecule has 0 amide bonds. The fourth-order valence-corrected chi connectivity index (χ4v) is 2.75. The number of methoxy groups -OCH3 is 1. The van der Waals surface area contributed by atoms with Crippen LogP contribution in [0.3, 0.4) is 0 Å². The molecule has 0 radical (unpaired) electrons. The van der Waals surface area contributed by atoms with Crippen LogP contribution < -0.4 is 4.74 Å². The van der Waals surface area contributed by atoms with Crippen LogP contribution in [0.15, 0.2) is 18.2 Å². The summed E-state index contributed by atoms with van der Waals surface area (Å²) < 4.78 is 10.7. The lowest BCUT2D eigenvalue weighted by Crippen LogP contribution is -2.36. The molecule has 116 valence electrons. The van der Waals surface area contributed by atoms with Gasteiger partial charge in [0.25, 0.3) is 0 Å². The third-order valence-electron chi connectivity index (χ3n) is 3.84. The van der Waals surface area contributed by atoms with Crippen LogP contribution in [-0.4, -0.2) is 48.9 Å². The van der Waals surface area contributed by atoms with Crippen molar-refractivity contribution >= 4 is 5.97 Å². The highest BCUT2D eigenvalue weighted by atomic mass is 16.5. The molecule has 0 atom stereocenters. The van der Waals surface area contributed by atoms with Crippen LogP contribution in [0.1, 0.15) is 35.7 Å². The minimum Gasteiger partial charge on any atom is -0.496 e. The van der Waals surface area contributed by atoms with Crippen LogP contribution in [0, 0.1) is 0 Å². The van der Waals surface area contributed by atoms with Gasteiger partial charge in [0.2, 0.25) is 0 Å². The van der Waals surface area contributed by atoms with Gasteiger partial charge in [-0.2, -0.15) is 0 Å². The molecule has 0 saturated carbocycles. The summed E-state index contributed by atoms with van der Waals surface area (Å²) in [7, 11) is 1.49. The van der Waals surface area contributed by atoms with Crippen LogP contribution in [-0.2, 0) is 11.3 Å². The van der Waals surface area contributed by atoms with E-state index in [-0.39, 0.29) is 5.56 Å². The number of piperidine rings is 1. The van der Waals surface area contributed by atoms with E-state index in [2.05, 4.69) is 4.90 Å². The minimum atomic E-state index is -0.955. The second kappa shape index (κ2) is 7.43. The summed E-state index contributed by atoms with van der Waals surface area (Å²) in [6.07, 6.45) is 2.45. The summed E-state index contributed by atoms with van der Waals surface area (Å²) in [5.74, 6) is -0.551. The Kier molecular flexibility index (Phi) is 5.59. The standard InChI is InChI=1S/C16H23NO4/c1-3-21-13-6-8-17(9-7-13)11-12-4-5-15(20-2)14(10-12)16(18)19/h4-5,10,13H,3,6-9,11H2,1-2H3,(H,18,19). The maximum Gasteiger partial charge on any atom is 0.339 e. The number of rotatable bonds is 6. The maximum absolute atomic E-state index is 11.2. The van der Waals surface area contributed by atoms with Crippen molar-refractivity contribution in [2.75, 3.05) is 26.8 Å². The molecular weight excluding hydrogens is 270 g/mol. The summed E-state index contributed by atoms with van der Waals surface area (Å²) in [5, 5.41) is 9.21. The Bertz CT molecular complexity index is 481. The first kappa shape index (κ1) is 15.8. The Hall–Kier alpha value is -1.59. The SMILES string of the molecule is CCOC1CCN(Cc2ccc(OC)c(C(=O)O)c2)CC1. The number of hydrogen-bond donors (Lipinski definition) is 1. The minimum absolute atomic E-state index is 0.221. The number of aromatic carboxylic acids is 1. The third kappa shape index (κ3) is 4.19. The topological polar surface area (TPSA) is 59.0 Å². The van der Waals surface area contributed by atoms with E-state index in [0.29, 0.717) is 11.9 Å². The summed E-state index contributed by atoms with van der Waals surface area (Å²) in [4.78, 5) is 13.6. The van der Waals surface area contributed by atoms with E-state index < -0.39 is 5.97 Å². The van der Waals surface area contributed by atoms with Gasteiger partial charge in [0.15, 0.2) is 0 Å². The summed E-state index contributed by atoms with van der Waals surface area (Å²) in [6, 6.07) is 5.36. The third-order valence-corrected chi connectivity index (χ3v) is 3.84. The van der Waals surface area contributed by atoms with Crippen LogP contribution >= 0.6 is 0 Å². The molecule has 1 aromatic rings. The van der Waals surface area contributed by atoms with Crippen molar-refractivity contribution in [3.63, 3.8) is 0 Å². The van der Waals surface area contributed by atoms with Crippen molar-refractivity contribution in [2.24, 2.45) is 0 Å². The molecule has 0 bridgehead atoms. The molecule has 1 fully saturated rings. The average molecular weight is 293 g/mol. The highest BCUT2D eigenvalue weighted by Gasteiger charge is 2.20. The van der Waals surface area contributed by atoms with E-state index in [1.54, 1.807) is 12.1 Å². The van der Waals surface area contributed by atoms with Crippen molar-refractivity contribution in [3.8, 4) is 5.75 Å². The largest absolute Gasteiger partial charge is 0.496 e. The number of likely N-dealkylation sites (tertiary alicyclic amines) is 1. The van der Waals surface area contributed by atoms with Gasteiger partial charge in [-0.05, 0) is 37.5 Å². The molecule has 1 aromatic carbocycles. The number of carboxylic acid groups (broad SMARTS) is 1. The van der Waals surface area contributed by atoms with Crippen LogP contribution in [0.4, 0.5) is 0 Å². The summed E-state index contributed by atoms with van der Waals surface area (Å²) >= 11 is 0. The smallest absolute Gasteiger partial charge is 0.339 e. The molecule has 1 saturated heterocycles. The number of carboxylic acids is 1. The van der Waals surface area contributed by atoms with E-state index in [9.17, 15) is 9.90 Å². The van der Waals surface area contributed by atoms with Crippen molar-refractivity contribution in [2.45, 2.75) is 32.4 Å². The highest BCUT2D eigenvalue weighted by Crippen LogP contribution is 2.22. The fourth-order valence-electron chi connectivity index (χ4n) is 2.75. The predicted molar refractivity (Wildman–Crippen MR) is 79.9 cm³/mol. The lowest BCUT2D eigenvalue weighted by molar-refractivity contribution is 0.0125. The van der Waals surface area contributed by atoms with E-state index in [4.69, 9.17) is 9.47 Å². The summed E-state index contributed by atoms with van der Waals surface area (Å²) in [6.45, 7) is 5.53. The predicted octanol–water partition coefficient (Wildman–Crippen LogP) is 2.39. The molecule has 1 aliphatic rings. The molecule has 1 heterocycles. The van der Waals surface area contributed by atoms with Gasteiger partial charge in [-0.15, -0.1) is 0 Å². The number of benzene rings is 1. The first-order chi connectivity index (χ1) is 10.1. The van der Waals surface area contributed by atoms with E-state index >= 15 is 0 Å². The Labute approximate surface area is 125 Å². The molecule has 0 aliphatic carbocycles. The molecule has 2 rings (SSSR count). The number of carbonyl (C=O) groups is 1. The Morgan fingerprint density at radius 3 is 2.67 bits per heavy atom. The van der Waals surface area contributed by atoms with Gasteiger partial charge in [-0.25, -0.2) is 4.79 Å². The maximum atomic E-state index is 11.2. The van der Waals surface area contributed by atoms with Crippen LogP contribution in [0.25, 0.3) is 0 Å². The molecule has 0 spiro atoms. The number of hydrogen-bond acceptors (Lipinski definition) is 4. The fraction of sp³-hybridized carbons (Fsp3) is 0.562. The van der Waals surface area contributed by atoms with E-state index in [1.165, 1.54) is 7.11 Å². The number of ether oxygens (including phenoxy) is 2. The van der Waals surface area contributed by atoms with Gasteiger partial charge >= 0.3 is 5.97 Å². The zero-order chi connectivity index (χ0) is 15.2. The average Bonchev–Trinajstić information content (AvgIpc) is 2.49. The van der Waals surface area contributed by atoms with E-state index in [1.807, 2.05) is 13.0 Å². The normalized spacial score (nSPS) is 16.9. The first-order valence-corrected chi connectivity index (χ1v) is 7.38. The van der Waals surface area contributed by atoms with Crippen LogP contribution in [0.5, 0.6) is 5.75 Å². The lowest BCUT2D eigenvalue weighted by atomic mass is 10.1. The molecule has 21 heavy (non-hydrogen) atoms. The van der Waals surface area contributed by atoms with Gasteiger partial charge in [-0.3, -0.25) is 4.90 Å². The van der Waals surface area contributed by atoms with Gasteiger partial charge in [0.1, 0.15) is 11.3 Å². The monoisotopic (exact) mass is 293 g/mol. The molecular formula is C16H23NO4. The Morgan fingerprint density at radius 2 is 2.10 bits per heavy atom. The van der Waals surface area contributed by atoms with Crippen molar-refractivity contribution in [1.82, 2.24) is 4.90 Å². The lowest BCUT2D eigenvalue weighted by Gasteiger charge is -2.31. The second-order valence-corrected chi connectivity index (χ2v) is 5.27. The Balaban J connectivity index is 1.97. The zero-order valence-electron chi connectivity index (χ0n) is 12.7. The molecule has 5 heteroatoms. The zero-order valence-corrected chi connectivity index (χ0v) is 12.7. The highest BCUT2D eigenvalue weighted by molar-refractivity contribution is 5.91. The van der Waals surface area contributed by atoms with E-state index in [0.717, 1.165) is 44.6 Å².